The van der Waals surface area contributed by atoms with Gasteiger partial charge in [0, 0.05) is 19.8 Å². The first-order valence-corrected chi connectivity index (χ1v) is 10.3. The van der Waals surface area contributed by atoms with Crippen molar-refractivity contribution >= 4 is 21.6 Å². The third kappa shape index (κ3) is 5.03. The van der Waals surface area contributed by atoms with E-state index in [2.05, 4.69) is 5.32 Å². The summed E-state index contributed by atoms with van der Waals surface area (Å²) in [4.78, 5) is 12.6. The number of carbonyl (C=O) groups excluding carboxylic acids is 1. The number of benzene rings is 1. The lowest BCUT2D eigenvalue weighted by Gasteiger charge is -2.24. The second-order valence-electron chi connectivity index (χ2n) is 7.10. The topological polar surface area (TPSA) is 92.5 Å². The van der Waals surface area contributed by atoms with E-state index in [1.165, 1.54) is 39.4 Å². The summed E-state index contributed by atoms with van der Waals surface area (Å²) in [6.45, 7) is 1.73. The summed E-state index contributed by atoms with van der Waals surface area (Å²) in [6, 6.07) is 4.32. The number of carbonyl (C=O) groups is 1. The fourth-order valence-corrected chi connectivity index (χ4v) is 4.42. The average molecular weight is 368 g/mol. The lowest BCUT2D eigenvalue weighted by molar-refractivity contribution is -0.117. The number of rotatable bonds is 6. The van der Waals surface area contributed by atoms with Crippen molar-refractivity contribution in [2.45, 2.75) is 56.4 Å². The summed E-state index contributed by atoms with van der Waals surface area (Å²) in [5.74, 6) is 0.250. The Morgan fingerprint density at radius 1 is 1.28 bits per heavy atom. The Morgan fingerprint density at radius 3 is 2.52 bits per heavy atom. The molecule has 0 saturated heterocycles. The van der Waals surface area contributed by atoms with Gasteiger partial charge in [-0.25, -0.2) is 12.7 Å². The van der Waals surface area contributed by atoms with Gasteiger partial charge in [0.1, 0.15) is 0 Å². The summed E-state index contributed by atoms with van der Waals surface area (Å²) in [5.41, 5.74) is 7.15. The summed E-state index contributed by atoms with van der Waals surface area (Å²) in [7, 11) is -0.586. The zero-order chi connectivity index (χ0) is 18.6. The highest BCUT2D eigenvalue weighted by molar-refractivity contribution is 7.89. The third-order valence-corrected chi connectivity index (χ3v) is 6.82. The van der Waals surface area contributed by atoms with Gasteiger partial charge >= 0.3 is 0 Å². The van der Waals surface area contributed by atoms with Crippen molar-refractivity contribution in [2.75, 3.05) is 19.4 Å². The number of hydrogen-bond acceptors (Lipinski definition) is 4. The van der Waals surface area contributed by atoms with Crippen LogP contribution < -0.4 is 11.1 Å². The van der Waals surface area contributed by atoms with Crippen LogP contribution in [-0.2, 0) is 14.8 Å². The van der Waals surface area contributed by atoms with Gasteiger partial charge in [0.25, 0.3) is 0 Å². The Hall–Kier alpha value is -1.44. The van der Waals surface area contributed by atoms with Gasteiger partial charge in [-0.05, 0) is 37.0 Å². The van der Waals surface area contributed by atoms with Crippen molar-refractivity contribution in [2.24, 2.45) is 11.7 Å². The second-order valence-corrected chi connectivity index (χ2v) is 9.22. The minimum absolute atomic E-state index is 0.191. The molecule has 25 heavy (non-hydrogen) atoms. The van der Waals surface area contributed by atoms with Crippen molar-refractivity contribution in [1.29, 1.82) is 0 Å². The van der Waals surface area contributed by atoms with Crippen molar-refractivity contribution in [3.63, 3.8) is 0 Å². The molecule has 0 bridgehead atoms. The molecule has 0 spiro atoms. The molecule has 1 aromatic carbocycles. The zero-order valence-corrected chi connectivity index (χ0v) is 16.1. The first kappa shape index (κ1) is 19.9. The molecule has 2 rings (SSSR count). The van der Waals surface area contributed by atoms with Crippen LogP contribution in [0.15, 0.2) is 23.1 Å². The molecule has 0 radical (unpaired) electrons. The van der Waals surface area contributed by atoms with Gasteiger partial charge in [0.15, 0.2) is 0 Å². The number of sulfonamides is 1. The highest BCUT2D eigenvalue weighted by Crippen LogP contribution is 2.27. The second kappa shape index (κ2) is 8.29. The predicted octanol–water partition coefficient (Wildman–Crippen LogP) is 2.48. The quantitative estimate of drug-likeness (QED) is 0.808. The molecule has 3 N–H and O–H groups in total. The zero-order valence-electron chi connectivity index (χ0n) is 15.3. The molecule has 1 saturated carbocycles. The molecule has 1 aromatic rings. The Morgan fingerprint density at radius 2 is 1.92 bits per heavy atom. The van der Waals surface area contributed by atoms with Crippen LogP contribution in [-0.4, -0.2) is 38.8 Å². The van der Waals surface area contributed by atoms with E-state index in [4.69, 9.17) is 5.73 Å². The Bertz CT molecular complexity index is 710. The lowest BCUT2D eigenvalue weighted by Crippen LogP contribution is -2.37. The van der Waals surface area contributed by atoms with Crippen molar-refractivity contribution in [3.05, 3.63) is 23.8 Å². The molecular formula is C18H29N3O3S. The van der Waals surface area contributed by atoms with Crippen LogP contribution in [0.2, 0.25) is 0 Å². The maximum atomic E-state index is 12.4. The summed E-state index contributed by atoms with van der Waals surface area (Å²) in [5, 5.41) is 2.76. The number of nitrogens with one attached hydrogen (secondary N) is 1. The van der Waals surface area contributed by atoms with Crippen LogP contribution in [0.3, 0.4) is 0 Å². The van der Waals surface area contributed by atoms with Crippen LogP contribution in [0.4, 0.5) is 5.69 Å². The monoisotopic (exact) mass is 367 g/mol. The Balaban J connectivity index is 2.08. The Kier molecular flexibility index (Phi) is 6.59. The number of hydrogen-bond donors (Lipinski definition) is 2. The predicted molar refractivity (Wildman–Crippen MR) is 99.8 cm³/mol. The average Bonchev–Trinajstić information content (AvgIpc) is 2.57. The van der Waals surface area contributed by atoms with E-state index in [0.717, 1.165) is 17.1 Å². The molecule has 7 heteroatoms. The number of nitrogens with zero attached hydrogens (tertiary/aromatic N) is 1. The minimum atomic E-state index is -3.56. The van der Waals surface area contributed by atoms with Crippen molar-refractivity contribution < 1.29 is 13.2 Å². The molecule has 0 aliphatic heterocycles. The summed E-state index contributed by atoms with van der Waals surface area (Å²) < 4.78 is 25.9. The molecule has 1 amide bonds. The third-order valence-electron chi connectivity index (χ3n) is 4.86. The molecule has 1 aliphatic carbocycles. The molecule has 6 nitrogen and oxygen atoms in total. The molecule has 1 atom stereocenters. The smallest absolute Gasteiger partial charge is 0.242 e. The van der Waals surface area contributed by atoms with Gasteiger partial charge < -0.3 is 11.1 Å². The van der Waals surface area contributed by atoms with E-state index < -0.39 is 16.1 Å². The van der Waals surface area contributed by atoms with E-state index in [1.54, 1.807) is 19.1 Å². The lowest BCUT2D eigenvalue weighted by atomic mass is 9.85. The van der Waals surface area contributed by atoms with Gasteiger partial charge in [-0.3, -0.25) is 4.79 Å². The molecule has 1 unspecified atom stereocenters. The maximum Gasteiger partial charge on any atom is 0.242 e. The number of amides is 1. The van der Waals surface area contributed by atoms with E-state index in [-0.39, 0.29) is 10.8 Å². The first-order chi connectivity index (χ1) is 11.7. The Labute approximate surface area is 150 Å². The van der Waals surface area contributed by atoms with Gasteiger partial charge in [0.2, 0.25) is 15.9 Å². The van der Waals surface area contributed by atoms with E-state index in [0.29, 0.717) is 23.6 Å². The van der Waals surface area contributed by atoms with Crippen molar-refractivity contribution in [3.8, 4) is 0 Å². The van der Waals surface area contributed by atoms with Gasteiger partial charge in [-0.15, -0.1) is 0 Å². The van der Waals surface area contributed by atoms with E-state index in [1.807, 2.05) is 0 Å². The SMILES string of the molecule is Cc1ccc(NC(=O)C(N)CC2CCCCC2)cc1S(=O)(=O)N(C)C. The van der Waals surface area contributed by atoms with Gasteiger partial charge in [-0.2, -0.15) is 0 Å². The standard InChI is InChI=1S/C18H29N3O3S/c1-13-9-10-15(12-17(13)25(23,24)21(2)3)20-18(22)16(19)11-14-7-5-4-6-8-14/h9-10,12,14,16H,4-8,11,19H2,1-3H3,(H,20,22). The molecule has 1 fully saturated rings. The van der Waals surface area contributed by atoms with E-state index in [9.17, 15) is 13.2 Å². The minimum Gasteiger partial charge on any atom is -0.325 e. The number of aryl methyl sites for hydroxylation is 1. The summed E-state index contributed by atoms with van der Waals surface area (Å²) >= 11 is 0. The fourth-order valence-electron chi connectivity index (χ4n) is 3.28. The number of anilines is 1. The fraction of sp³-hybridized carbons (Fsp3) is 0.611. The number of nitrogens with two attached hydrogens (primary N) is 1. The normalized spacial score (nSPS) is 17.5. The van der Waals surface area contributed by atoms with Crippen molar-refractivity contribution in [1.82, 2.24) is 4.31 Å². The van der Waals surface area contributed by atoms with Crippen LogP contribution in [0, 0.1) is 12.8 Å². The first-order valence-electron chi connectivity index (χ1n) is 8.81. The highest BCUT2D eigenvalue weighted by atomic mass is 32.2. The van der Waals surface area contributed by atoms with Crippen LogP contribution in [0.5, 0.6) is 0 Å². The molecule has 140 valence electrons. The van der Waals surface area contributed by atoms with Gasteiger partial charge in [-0.1, -0.05) is 38.2 Å². The van der Waals surface area contributed by atoms with Crippen LogP contribution in [0.25, 0.3) is 0 Å². The largest absolute Gasteiger partial charge is 0.325 e. The molecule has 0 heterocycles. The molecule has 1 aliphatic rings. The summed E-state index contributed by atoms with van der Waals surface area (Å²) in [6.07, 6.45) is 6.64. The molecular weight excluding hydrogens is 338 g/mol. The molecule has 0 aromatic heterocycles. The van der Waals surface area contributed by atoms with Gasteiger partial charge in [0.05, 0.1) is 10.9 Å². The van der Waals surface area contributed by atoms with Crippen LogP contribution >= 0.6 is 0 Å². The highest BCUT2D eigenvalue weighted by Gasteiger charge is 2.23. The maximum absolute atomic E-state index is 12.4. The van der Waals surface area contributed by atoms with Crippen LogP contribution in [0.1, 0.15) is 44.1 Å². The van der Waals surface area contributed by atoms with E-state index >= 15 is 0 Å².